The van der Waals surface area contributed by atoms with E-state index >= 15 is 0 Å². The lowest BCUT2D eigenvalue weighted by Gasteiger charge is -2.29. The molecule has 18 heavy (non-hydrogen) atoms. The molecule has 4 nitrogen and oxygen atoms in total. The topological polar surface area (TPSA) is 49.4 Å². The molecule has 0 spiro atoms. The SMILES string of the molecule is CCN(CCS(=O)(=O)C(C)C)CC1CCCNC1. The molecule has 0 saturated carbocycles. The van der Waals surface area contributed by atoms with Gasteiger partial charge in [0.15, 0.2) is 9.84 Å². The average molecular weight is 276 g/mol. The normalized spacial score (nSPS) is 21.7. The maximum atomic E-state index is 11.8. The summed E-state index contributed by atoms with van der Waals surface area (Å²) in [6, 6.07) is 0. The van der Waals surface area contributed by atoms with E-state index in [4.69, 9.17) is 0 Å². The van der Waals surface area contributed by atoms with Gasteiger partial charge in [-0.15, -0.1) is 0 Å². The third kappa shape index (κ3) is 5.24. The first kappa shape index (κ1) is 15.9. The molecule has 1 N–H and O–H groups in total. The van der Waals surface area contributed by atoms with Gasteiger partial charge in [0, 0.05) is 13.1 Å². The van der Waals surface area contributed by atoms with Gasteiger partial charge in [0.05, 0.1) is 11.0 Å². The molecule has 1 heterocycles. The van der Waals surface area contributed by atoms with Crippen LogP contribution in [0.1, 0.15) is 33.6 Å². The van der Waals surface area contributed by atoms with Crippen molar-refractivity contribution in [3.8, 4) is 0 Å². The first-order valence-electron chi connectivity index (χ1n) is 7.10. The van der Waals surface area contributed by atoms with Gasteiger partial charge in [-0.25, -0.2) is 8.42 Å². The van der Waals surface area contributed by atoms with E-state index in [1.807, 2.05) is 0 Å². The summed E-state index contributed by atoms with van der Waals surface area (Å²) in [6.07, 6.45) is 2.51. The van der Waals surface area contributed by atoms with Gasteiger partial charge in [-0.05, 0) is 52.2 Å². The summed E-state index contributed by atoms with van der Waals surface area (Å²) in [5.41, 5.74) is 0. The van der Waals surface area contributed by atoms with Gasteiger partial charge in [-0.1, -0.05) is 6.92 Å². The lowest BCUT2D eigenvalue weighted by atomic mass is 9.99. The average Bonchev–Trinajstić information content (AvgIpc) is 2.35. The van der Waals surface area contributed by atoms with Crippen LogP contribution >= 0.6 is 0 Å². The largest absolute Gasteiger partial charge is 0.316 e. The Bertz CT molecular complexity index is 322. The standard InChI is InChI=1S/C13H28N2O2S/c1-4-15(8-9-18(16,17)12(2)3)11-13-6-5-7-14-10-13/h12-14H,4-11H2,1-3H3. The van der Waals surface area contributed by atoms with Crippen molar-refractivity contribution >= 4 is 9.84 Å². The van der Waals surface area contributed by atoms with Crippen LogP contribution in [0.25, 0.3) is 0 Å². The van der Waals surface area contributed by atoms with Crippen LogP contribution in [0.3, 0.4) is 0 Å². The quantitative estimate of drug-likeness (QED) is 0.757. The molecule has 108 valence electrons. The Morgan fingerprint density at radius 1 is 1.39 bits per heavy atom. The summed E-state index contributed by atoms with van der Waals surface area (Å²) in [5.74, 6) is 0.971. The van der Waals surface area contributed by atoms with Crippen molar-refractivity contribution in [1.82, 2.24) is 10.2 Å². The number of rotatable bonds is 7. The fourth-order valence-corrected chi connectivity index (χ4v) is 3.30. The highest BCUT2D eigenvalue weighted by molar-refractivity contribution is 7.92. The molecular formula is C13H28N2O2S. The Morgan fingerprint density at radius 3 is 2.61 bits per heavy atom. The Kier molecular flexibility index (Phi) is 6.60. The van der Waals surface area contributed by atoms with E-state index in [0.29, 0.717) is 18.2 Å². The second-order valence-electron chi connectivity index (χ2n) is 5.52. The monoisotopic (exact) mass is 276 g/mol. The molecule has 5 heteroatoms. The maximum absolute atomic E-state index is 11.8. The van der Waals surface area contributed by atoms with E-state index in [-0.39, 0.29) is 5.25 Å². The van der Waals surface area contributed by atoms with Gasteiger partial charge in [0.25, 0.3) is 0 Å². The predicted octanol–water partition coefficient (Wildman–Crippen LogP) is 1.13. The molecule has 0 aromatic heterocycles. The van der Waals surface area contributed by atoms with Crippen LogP contribution in [-0.2, 0) is 9.84 Å². The number of nitrogens with zero attached hydrogens (tertiary/aromatic N) is 1. The third-order valence-corrected chi connectivity index (χ3v) is 5.96. The predicted molar refractivity (Wildman–Crippen MR) is 76.6 cm³/mol. The van der Waals surface area contributed by atoms with E-state index in [1.165, 1.54) is 12.8 Å². The van der Waals surface area contributed by atoms with Crippen molar-refractivity contribution < 1.29 is 8.42 Å². The highest BCUT2D eigenvalue weighted by Crippen LogP contribution is 2.12. The lowest BCUT2D eigenvalue weighted by Crippen LogP contribution is -2.40. The van der Waals surface area contributed by atoms with Crippen molar-refractivity contribution in [1.29, 1.82) is 0 Å². The van der Waals surface area contributed by atoms with Crippen molar-refractivity contribution in [3.63, 3.8) is 0 Å². The Balaban J connectivity index is 2.37. The first-order valence-corrected chi connectivity index (χ1v) is 8.82. The molecule has 0 aliphatic carbocycles. The van der Waals surface area contributed by atoms with Gasteiger partial charge in [0.1, 0.15) is 0 Å². The van der Waals surface area contributed by atoms with Crippen LogP contribution in [0.5, 0.6) is 0 Å². The molecule has 1 saturated heterocycles. The molecule has 1 atom stereocenters. The number of sulfone groups is 1. The van der Waals surface area contributed by atoms with E-state index in [2.05, 4.69) is 17.1 Å². The van der Waals surface area contributed by atoms with Gasteiger partial charge in [-0.3, -0.25) is 0 Å². The number of hydrogen-bond donors (Lipinski definition) is 1. The summed E-state index contributed by atoms with van der Waals surface area (Å²) >= 11 is 0. The number of hydrogen-bond acceptors (Lipinski definition) is 4. The van der Waals surface area contributed by atoms with Gasteiger partial charge in [0.2, 0.25) is 0 Å². The first-order chi connectivity index (χ1) is 8.45. The van der Waals surface area contributed by atoms with Crippen LogP contribution in [0.4, 0.5) is 0 Å². The lowest BCUT2D eigenvalue weighted by molar-refractivity contribution is 0.225. The van der Waals surface area contributed by atoms with Crippen LogP contribution in [0.15, 0.2) is 0 Å². The third-order valence-electron chi connectivity index (χ3n) is 3.77. The zero-order valence-corrected chi connectivity index (χ0v) is 12.8. The number of piperidine rings is 1. The Morgan fingerprint density at radius 2 is 2.11 bits per heavy atom. The van der Waals surface area contributed by atoms with Crippen LogP contribution in [0.2, 0.25) is 0 Å². The number of nitrogens with one attached hydrogen (secondary N) is 1. The molecule has 1 fully saturated rings. The molecular weight excluding hydrogens is 248 g/mol. The summed E-state index contributed by atoms with van der Waals surface area (Å²) in [6.45, 7) is 10.5. The maximum Gasteiger partial charge on any atom is 0.153 e. The van der Waals surface area contributed by atoms with Gasteiger partial charge >= 0.3 is 0 Å². The van der Waals surface area contributed by atoms with Crippen molar-refractivity contribution in [2.24, 2.45) is 5.92 Å². The Labute approximate surface area is 112 Å². The van der Waals surface area contributed by atoms with Crippen LogP contribution in [0, 0.1) is 5.92 Å². The molecule has 1 unspecified atom stereocenters. The molecule has 0 amide bonds. The van der Waals surface area contributed by atoms with E-state index in [0.717, 1.165) is 26.2 Å². The van der Waals surface area contributed by atoms with E-state index in [1.54, 1.807) is 13.8 Å². The molecule has 1 aliphatic heterocycles. The molecule has 0 radical (unpaired) electrons. The molecule has 0 aromatic rings. The van der Waals surface area contributed by atoms with E-state index < -0.39 is 9.84 Å². The molecule has 1 aliphatic rings. The zero-order valence-electron chi connectivity index (χ0n) is 12.0. The van der Waals surface area contributed by atoms with Crippen LogP contribution < -0.4 is 5.32 Å². The van der Waals surface area contributed by atoms with E-state index in [9.17, 15) is 8.42 Å². The molecule has 0 aromatic carbocycles. The second kappa shape index (κ2) is 7.46. The minimum absolute atomic E-state index is 0.257. The fourth-order valence-electron chi connectivity index (χ4n) is 2.32. The van der Waals surface area contributed by atoms with Crippen molar-refractivity contribution in [2.45, 2.75) is 38.9 Å². The molecule has 0 bridgehead atoms. The minimum Gasteiger partial charge on any atom is -0.316 e. The summed E-state index contributed by atoms with van der Waals surface area (Å²) in [7, 11) is -2.90. The molecule has 1 rings (SSSR count). The second-order valence-corrected chi connectivity index (χ2v) is 8.20. The van der Waals surface area contributed by atoms with Crippen molar-refractivity contribution in [3.05, 3.63) is 0 Å². The van der Waals surface area contributed by atoms with Crippen molar-refractivity contribution in [2.75, 3.05) is 38.5 Å². The summed E-state index contributed by atoms with van der Waals surface area (Å²) in [4.78, 5) is 2.28. The highest BCUT2D eigenvalue weighted by atomic mass is 32.2. The van der Waals surface area contributed by atoms with Crippen LogP contribution in [-0.4, -0.2) is 57.0 Å². The minimum atomic E-state index is -2.90. The fraction of sp³-hybridized carbons (Fsp3) is 1.00. The van der Waals surface area contributed by atoms with Gasteiger partial charge < -0.3 is 10.2 Å². The summed E-state index contributed by atoms with van der Waals surface area (Å²) in [5, 5.41) is 3.15. The smallest absolute Gasteiger partial charge is 0.153 e. The van der Waals surface area contributed by atoms with Gasteiger partial charge in [-0.2, -0.15) is 0 Å². The zero-order chi connectivity index (χ0) is 13.6. The highest BCUT2D eigenvalue weighted by Gasteiger charge is 2.20. The summed E-state index contributed by atoms with van der Waals surface area (Å²) < 4.78 is 23.6. The Hall–Kier alpha value is -0.130.